The van der Waals surface area contributed by atoms with E-state index in [9.17, 15) is 0 Å². The molecule has 1 saturated carbocycles. The molecule has 1 heterocycles. The van der Waals surface area contributed by atoms with Crippen molar-refractivity contribution in [3.05, 3.63) is 35.2 Å². The zero-order chi connectivity index (χ0) is 12.4. The summed E-state index contributed by atoms with van der Waals surface area (Å²) >= 11 is 5.86. The Morgan fingerprint density at radius 3 is 2.50 bits per heavy atom. The van der Waals surface area contributed by atoms with Crippen molar-refractivity contribution < 1.29 is 4.52 Å². The van der Waals surface area contributed by atoms with Gasteiger partial charge >= 0.3 is 0 Å². The van der Waals surface area contributed by atoms with Crippen LogP contribution in [0.2, 0.25) is 5.02 Å². The van der Waals surface area contributed by atoms with E-state index in [2.05, 4.69) is 10.1 Å². The van der Waals surface area contributed by atoms with Crippen LogP contribution in [-0.2, 0) is 0 Å². The molecule has 18 heavy (non-hydrogen) atoms. The molecule has 0 radical (unpaired) electrons. The Morgan fingerprint density at radius 2 is 1.78 bits per heavy atom. The number of rotatable bonds is 2. The molecule has 94 valence electrons. The van der Waals surface area contributed by atoms with Gasteiger partial charge in [-0.1, -0.05) is 36.0 Å². The molecule has 4 heteroatoms. The second-order valence-electron chi connectivity index (χ2n) is 4.80. The van der Waals surface area contributed by atoms with Gasteiger partial charge in [0.25, 0.3) is 0 Å². The van der Waals surface area contributed by atoms with E-state index in [1.807, 2.05) is 24.3 Å². The molecule has 1 aromatic heterocycles. The smallest absolute Gasteiger partial charge is 0.230 e. The third kappa shape index (κ3) is 2.41. The van der Waals surface area contributed by atoms with Gasteiger partial charge in [-0.05, 0) is 37.1 Å². The molecule has 0 bridgehead atoms. The van der Waals surface area contributed by atoms with Crippen LogP contribution >= 0.6 is 11.6 Å². The van der Waals surface area contributed by atoms with Crippen LogP contribution in [0.15, 0.2) is 28.8 Å². The first-order chi connectivity index (χ1) is 8.83. The maximum atomic E-state index is 5.86. The molecule has 0 N–H and O–H groups in total. The molecule has 0 spiro atoms. The van der Waals surface area contributed by atoms with Crippen LogP contribution < -0.4 is 0 Å². The van der Waals surface area contributed by atoms with Gasteiger partial charge in [-0.25, -0.2) is 0 Å². The van der Waals surface area contributed by atoms with Gasteiger partial charge in [-0.15, -0.1) is 0 Å². The van der Waals surface area contributed by atoms with Gasteiger partial charge in [-0.3, -0.25) is 0 Å². The average Bonchev–Trinajstić information content (AvgIpc) is 2.90. The van der Waals surface area contributed by atoms with E-state index < -0.39 is 0 Å². The van der Waals surface area contributed by atoms with Crippen molar-refractivity contribution in [2.75, 3.05) is 0 Å². The Balaban J connectivity index is 1.82. The average molecular weight is 263 g/mol. The number of nitrogens with zero attached hydrogens (tertiary/aromatic N) is 2. The summed E-state index contributed by atoms with van der Waals surface area (Å²) in [5.74, 6) is 1.90. The van der Waals surface area contributed by atoms with Crippen LogP contribution in [0, 0.1) is 0 Å². The highest BCUT2D eigenvalue weighted by Gasteiger charge is 2.21. The second-order valence-corrected chi connectivity index (χ2v) is 5.23. The summed E-state index contributed by atoms with van der Waals surface area (Å²) in [6.45, 7) is 0. The molecule has 3 rings (SSSR count). The van der Waals surface area contributed by atoms with Crippen molar-refractivity contribution in [3.63, 3.8) is 0 Å². The van der Waals surface area contributed by atoms with Gasteiger partial charge in [0.15, 0.2) is 0 Å². The first kappa shape index (κ1) is 11.7. The van der Waals surface area contributed by atoms with Crippen molar-refractivity contribution in [2.24, 2.45) is 0 Å². The number of hydrogen-bond donors (Lipinski definition) is 0. The second kappa shape index (κ2) is 5.11. The maximum Gasteiger partial charge on any atom is 0.230 e. The lowest BCUT2D eigenvalue weighted by atomic mass is 9.89. The normalized spacial score (nSPS) is 16.9. The number of hydrogen-bond acceptors (Lipinski definition) is 3. The predicted octanol–water partition coefficient (Wildman–Crippen LogP) is 4.44. The Hall–Kier alpha value is -1.35. The predicted molar refractivity (Wildman–Crippen MR) is 70.6 cm³/mol. The van der Waals surface area contributed by atoms with Crippen LogP contribution in [0.25, 0.3) is 11.4 Å². The van der Waals surface area contributed by atoms with E-state index in [-0.39, 0.29) is 0 Å². The molecule has 3 nitrogen and oxygen atoms in total. The van der Waals surface area contributed by atoms with Crippen molar-refractivity contribution in [1.29, 1.82) is 0 Å². The first-order valence-corrected chi connectivity index (χ1v) is 6.80. The topological polar surface area (TPSA) is 38.9 Å². The summed E-state index contributed by atoms with van der Waals surface area (Å²) in [7, 11) is 0. The highest BCUT2D eigenvalue weighted by molar-refractivity contribution is 6.30. The van der Waals surface area contributed by atoms with Crippen molar-refractivity contribution in [3.8, 4) is 11.4 Å². The van der Waals surface area contributed by atoms with E-state index in [1.165, 1.54) is 32.1 Å². The molecular formula is C14H15ClN2O. The quantitative estimate of drug-likeness (QED) is 0.803. The minimum absolute atomic E-state index is 0.451. The van der Waals surface area contributed by atoms with E-state index in [4.69, 9.17) is 16.1 Å². The molecule has 1 fully saturated rings. The Kier molecular flexibility index (Phi) is 3.33. The fraction of sp³-hybridized carbons (Fsp3) is 0.429. The lowest BCUT2D eigenvalue weighted by Crippen LogP contribution is -2.04. The van der Waals surface area contributed by atoms with Gasteiger partial charge in [0.05, 0.1) is 0 Å². The molecule has 1 aliphatic carbocycles. The van der Waals surface area contributed by atoms with E-state index in [0.29, 0.717) is 11.7 Å². The lowest BCUT2D eigenvalue weighted by molar-refractivity contribution is 0.314. The SMILES string of the molecule is Clc1ccc(-c2noc(C3CCCCC3)n2)cc1. The highest BCUT2D eigenvalue weighted by atomic mass is 35.5. The molecule has 0 atom stereocenters. The standard InChI is InChI=1S/C14H15ClN2O/c15-12-8-6-10(7-9-12)13-16-14(18-17-13)11-4-2-1-3-5-11/h6-9,11H,1-5H2. The van der Waals surface area contributed by atoms with Gasteiger partial charge in [0.2, 0.25) is 11.7 Å². The third-order valence-corrected chi connectivity index (χ3v) is 3.75. The summed E-state index contributed by atoms with van der Waals surface area (Å²) in [6, 6.07) is 7.51. The third-order valence-electron chi connectivity index (χ3n) is 3.50. The summed E-state index contributed by atoms with van der Waals surface area (Å²) in [4.78, 5) is 4.51. The maximum absolute atomic E-state index is 5.86. The molecule has 2 aromatic rings. The number of aromatic nitrogens is 2. The summed E-state index contributed by atoms with van der Waals surface area (Å²) in [5, 5.41) is 4.78. The fourth-order valence-electron chi connectivity index (χ4n) is 2.47. The van der Waals surface area contributed by atoms with Gasteiger partial charge in [0, 0.05) is 16.5 Å². The molecule has 1 aromatic carbocycles. The van der Waals surface area contributed by atoms with Gasteiger partial charge < -0.3 is 4.52 Å². The van der Waals surface area contributed by atoms with E-state index >= 15 is 0 Å². The summed E-state index contributed by atoms with van der Waals surface area (Å²) in [6.07, 6.45) is 6.20. The number of halogens is 1. The van der Waals surface area contributed by atoms with Crippen LogP contribution in [0.4, 0.5) is 0 Å². The Bertz CT molecular complexity index is 515. The fourth-order valence-corrected chi connectivity index (χ4v) is 2.59. The van der Waals surface area contributed by atoms with E-state index in [0.717, 1.165) is 16.5 Å². The first-order valence-electron chi connectivity index (χ1n) is 6.42. The largest absolute Gasteiger partial charge is 0.339 e. The summed E-state index contributed by atoms with van der Waals surface area (Å²) in [5.41, 5.74) is 0.949. The molecule has 0 unspecified atom stereocenters. The van der Waals surface area contributed by atoms with Gasteiger partial charge in [-0.2, -0.15) is 4.98 Å². The molecule has 0 aliphatic heterocycles. The monoisotopic (exact) mass is 262 g/mol. The molecule has 0 amide bonds. The Labute approximate surface area is 111 Å². The zero-order valence-electron chi connectivity index (χ0n) is 10.1. The van der Waals surface area contributed by atoms with E-state index in [1.54, 1.807) is 0 Å². The zero-order valence-corrected chi connectivity index (χ0v) is 10.9. The van der Waals surface area contributed by atoms with Crippen LogP contribution in [0.1, 0.15) is 43.9 Å². The lowest BCUT2D eigenvalue weighted by Gasteiger charge is -2.17. The summed E-state index contributed by atoms with van der Waals surface area (Å²) < 4.78 is 5.39. The molecule has 0 saturated heterocycles. The molecule has 1 aliphatic rings. The van der Waals surface area contributed by atoms with Crippen LogP contribution in [-0.4, -0.2) is 10.1 Å². The van der Waals surface area contributed by atoms with Crippen molar-refractivity contribution in [2.45, 2.75) is 38.0 Å². The van der Waals surface area contributed by atoms with Crippen molar-refractivity contribution in [1.82, 2.24) is 10.1 Å². The number of benzene rings is 1. The minimum atomic E-state index is 0.451. The van der Waals surface area contributed by atoms with Crippen molar-refractivity contribution >= 4 is 11.6 Å². The van der Waals surface area contributed by atoms with Crippen LogP contribution in [0.3, 0.4) is 0 Å². The van der Waals surface area contributed by atoms with Gasteiger partial charge in [0.1, 0.15) is 0 Å². The molecular weight excluding hydrogens is 248 g/mol. The minimum Gasteiger partial charge on any atom is -0.339 e. The Morgan fingerprint density at radius 1 is 1.06 bits per heavy atom. The van der Waals surface area contributed by atoms with Crippen LogP contribution in [0.5, 0.6) is 0 Å². The highest BCUT2D eigenvalue weighted by Crippen LogP contribution is 2.32.